The van der Waals surface area contributed by atoms with Crippen molar-refractivity contribution in [1.29, 1.82) is 0 Å². The van der Waals surface area contributed by atoms with Gasteiger partial charge in [0.25, 0.3) is 0 Å². The summed E-state index contributed by atoms with van der Waals surface area (Å²) in [6.07, 6.45) is 2.95. The molecule has 2 rings (SSSR count). The van der Waals surface area contributed by atoms with E-state index >= 15 is 0 Å². The maximum absolute atomic E-state index is 12.5. The summed E-state index contributed by atoms with van der Waals surface area (Å²) >= 11 is 3.27. The zero-order valence-electron chi connectivity index (χ0n) is 11.7. The van der Waals surface area contributed by atoms with Gasteiger partial charge >= 0.3 is 0 Å². The number of benzene rings is 1. The number of aliphatic hydroxyl groups is 1. The minimum atomic E-state index is -3.55. The van der Waals surface area contributed by atoms with Gasteiger partial charge in [0, 0.05) is 10.5 Å². The van der Waals surface area contributed by atoms with Gasteiger partial charge in [-0.3, -0.25) is 0 Å². The van der Waals surface area contributed by atoms with Gasteiger partial charge in [0.05, 0.1) is 11.5 Å². The van der Waals surface area contributed by atoms with Crippen molar-refractivity contribution in [2.24, 2.45) is 5.41 Å². The second-order valence-corrected chi connectivity index (χ2v) is 8.51. The summed E-state index contributed by atoms with van der Waals surface area (Å²) < 4.78 is 28.3. The van der Waals surface area contributed by atoms with E-state index in [9.17, 15) is 8.42 Å². The van der Waals surface area contributed by atoms with Crippen molar-refractivity contribution in [1.82, 2.24) is 4.72 Å². The highest BCUT2D eigenvalue weighted by molar-refractivity contribution is 9.10. The average Bonchev–Trinajstić information content (AvgIpc) is 2.67. The van der Waals surface area contributed by atoms with E-state index in [-0.39, 0.29) is 23.0 Å². The van der Waals surface area contributed by atoms with E-state index in [1.807, 2.05) is 0 Å². The Hall–Kier alpha value is -0.430. The molecule has 4 nitrogen and oxygen atoms in total. The molecule has 1 aliphatic rings. The smallest absolute Gasteiger partial charge is 0.241 e. The normalized spacial score (nSPS) is 22.1. The van der Waals surface area contributed by atoms with Crippen molar-refractivity contribution >= 4 is 26.0 Å². The van der Waals surface area contributed by atoms with E-state index in [1.165, 1.54) is 6.07 Å². The van der Waals surface area contributed by atoms with Gasteiger partial charge in [0.15, 0.2) is 0 Å². The fourth-order valence-corrected chi connectivity index (χ4v) is 5.22. The van der Waals surface area contributed by atoms with Gasteiger partial charge in [0.2, 0.25) is 10.0 Å². The molecule has 1 unspecified atom stereocenters. The molecule has 0 spiro atoms. The van der Waals surface area contributed by atoms with Crippen LogP contribution in [0.15, 0.2) is 27.6 Å². The van der Waals surface area contributed by atoms with Crippen LogP contribution in [0.2, 0.25) is 0 Å². The molecule has 0 heterocycles. The molecule has 1 aromatic carbocycles. The van der Waals surface area contributed by atoms with Gasteiger partial charge < -0.3 is 5.11 Å². The predicted molar refractivity (Wildman–Crippen MR) is 81.8 cm³/mol. The highest BCUT2D eigenvalue weighted by Crippen LogP contribution is 2.38. The molecule has 0 aromatic heterocycles. The first kappa shape index (κ1) is 15.9. The standard InChI is InChI=1S/C14H20BrNO3S/c1-14(2)7-3-4-13(14)16-20(18,19)12-6-5-10(9-17)8-11(12)15/h5-6,8,13,16-17H,3-4,7,9H2,1-2H3. The van der Waals surface area contributed by atoms with Crippen LogP contribution >= 0.6 is 15.9 Å². The molecule has 112 valence electrons. The molecule has 20 heavy (non-hydrogen) atoms. The summed E-state index contributed by atoms with van der Waals surface area (Å²) in [7, 11) is -3.55. The van der Waals surface area contributed by atoms with Crippen LogP contribution in [0, 0.1) is 5.41 Å². The summed E-state index contributed by atoms with van der Waals surface area (Å²) in [5.74, 6) is 0. The molecule has 0 saturated heterocycles. The van der Waals surface area contributed by atoms with Gasteiger partial charge in [0.1, 0.15) is 0 Å². The molecule has 0 radical (unpaired) electrons. The lowest BCUT2D eigenvalue weighted by molar-refractivity contribution is 0.281. The van der Waals surface area contributed by atoms with Crippen LogP contribution < -0.4 is 4.72 Å². The quantitative estimate of drug-likeness (QED) is 0.866. The molecule has 0 amide bonds. The van der Waals surface area contributed by atoms with Crippen LogP contribution in [0.3, 0.4) is 0 Å². The van der Waals surface area contributed by atoms with Gasteiger partial charge in [-0.05, 0) is 51.9 Å². The third-order valence-electron chi connectivity index (χ3n) is 4.02. The lowest BCUT2D eigenvalue weighted by atomic mass is 9.88. The van der Waals surface area contributed by atoms with Gasteiger partial charge in [-0.25, -0.2) is 13.1 Å². The molecule has 1 aromatic rings. The largest absolute Gasteiger partial charge is 0.392 e. The second-order valence-electron chi connectivity index (χ2n) is 5.98. The maximum Gasteiger partial charge on any atom is 0.241 e. The molecule has 6 heteroatoms. The fraction of sp³-hybridized carbons (Fsp3) is 0.571. The fourth-order valence-electron chi connectivity index (χ4n) is 2.66. The first-order chi connectivity index (χ1) is 9.26. The van der Waals surface area contributed by atoms with Crippen molar-refractivity contribution in [3.63, 3.8) is 0 Å². The Morgan fingerprint density at radius 2 is 2.15 bits per heavy atom. The number of hydrogen-bond acceptors (Lipinski definition) is 3. The number of halogens is 1. The Bertz CT molecular complexity index is 598. The van der Waals surface area contributed by atoms with E-state index in [0.717, 1.165) is 19.3 Å². The zero-order valence-corrected chi connectivity index (χ0v) is 14.1. The summed E-state index contributed by atoms with van der Waals surface area (Å²) in [6, 6.07) is 4.75. The summed E-state index contributed by atoms with van der Waals surface area (Å²) in [4.78, 5) is 0.220. The Labute approximate surface area is 128 Å². The van der Waals surface area contributed by atoms with Crippen LogP contribution in [0.25, 0.3) is 0 Å². The number of sulfonamides is 1. The third kappa shape index (κ3) is 3.24. The molecular weight excluding hydrogens is 342 g/mol. The van der Waals surface area contributed by atoms with Crippen molar-refractivity contribution in [2.75, 3.05) is 0 Å². The van der Waals surface area contributed by atoms with Crippen LogP contribution in [0.4, 0.5) is 0 Å². The van der Waals surface area contributed by atoms with Crippen LogP contribution in [-0.4, -0.2) is 19.6 Å². The second kappa shape index (κ2) is 5.75. The predicted octanol–water partition coefficient (Wildman–Crippen LogP) is 2.80. The number of rotatable bonds is 4. The molecule has 1 saturated carbocycles. The van der Waals surface area contributed by atoms with Gasteiger partial charge in [-0.1, -0.05) is 26.3 Å². The van der Waals surface area contributed by atoms with E-state index in [1.54, 1.807) is 12.1 Å². The highest BCUT2D eigenvalue weighted by Gasteiger charge is 2.37. The first-order valence-electron chi connectivity index (χ1n) is 6.68. The molecule has 2 N–H and O–H groups in total. The van der Waals surface area contributed by atoms with E-state index in [2.05, 4.69) is 34.5 Å². The van der Waals surface area contributed by atoms with Gasteiger partial charge in [-0.2, -0.15) is 0 Å². The zero-order chi connectivity index (χ0) is 15.0. The SMILES string of the molecule is CC1(C)CCCC1NS(=O)(=O)c1ccc(CO)cc1Br. The third-order valence-corrected chi connectivity index (χ3v) is 6.47. The Balaban J connectivity index is 2.27. The minimum absolute atomic E-state index is 0.00934. The van der Waals surface area contributed by atoms with E-state index < -0.39 is 10.0 Å². The topological polar surface area (TPSA) is 66.4 Å². The highest BCUT2D eigenvalue weighted by atomic mass is 79.9. The van der Waals surface area contributed by atoms with Crippen molar-refractivity contribution in [2.45, 2.75) is 50.7 Å². The molecule has 1 fully saturated rings. The summed E-state index contributed by atoms with van der Waals surface area (Å²) in [5.41, 5.74) is 0.668. The molecule has 0 aliphatic heterocycles. The summed E-state index contributed by atoms with van der Waals surface area (Å²) in [5, 5.41) is 9.07. The molecule has 1 atom stereocenters. The van der Waals surface area contributed by atoms with Crippen molar-refractivity contribution in [3.05, 3.63) is 28.2 Å². The monoisotopic (exact) mass is 361 g/mol. The number of aliphatic hydroxyl groups excluding tert-OH is 1. The molecule has 0 bridgehead atoms. The van der Waals surface area contributed by atoms with Crippen molar-refractivity contribution in [3.8, 4) is 0 Å². The average molecular weight is 362 g/mol. The Morgan fingerprint density at radius 1 is 1.45 bits per heavy atom. The Kier molecular flexibility index (Phi) is 4.59. The van der Waals surface area contributed by atoms with Crippen LogP contribution in [0.1, 0.15) is 38.7 Å². The minimum Gasteiger partial charge on any atom is -0.392 e. The molecule has 1 aliphatic carbocycles. The van der Waals surface area contributed by atoms with E-state index in [4.69, 9.17) is 5.11 Å². The number of hydrogen-bond donors (Lipinski definition) is 2. The molecular formula is C14H20BrNO3S. The number of nitrogens with one attached hydrogen (secondary N) is 1. The van der Waals surface area contributed by atoms with Crippen LogP contribution in [-0.2, 0) is 16.6 Å². The van der Waals surface area contributed by atoms with Crippen molar-refractivity contribution < 1.29 is 13.5 Å². The lowest BCUT2D eigenvalue weighted by Crippen LogP contribution is -2.41. The van der Waals surface area contributed by atoms with Gasteiger partial charge in [-0.15, -0.1) is 0 Å². The maximum atomic E-state index is 12.5. The summed E-state index contributed by atoms with van der Waals surface area (Å²) in [6.45, 7) is 4.08. The van der Waals surface area contributed by atoms with E-state index in [0.29, 0.717) is 10.0 Å². The lowest BCUT2D eigenvalue weighted by Gasteiger charge is -2.27. The Morgan fingerprint density at radius 3 is 2.65 bits per heavy atom. The van der Waals surface area contributed by atoms with Crippen LogP contribution in [0.5, 0.6) is 0 Å². The first-order valence-corrected chi connectivity index (χ1v) is 8.95.